The number of methoxy groups -OCH3 is 1. The van der Waals surface area contributed by atoms with Gasteiger partial charge < -0.3 is 10.1 Å². The van der Waals surface area contributed by atoms with Crippen molar-refractivity contribution >= 4 is 0 Å². The number of aryl methyl sites for hydroxylation is 1. The predicted molar refractivity (Wildman–Crippen MR) is 87.4 cm³/mol. The molecule has 1 atom stereocenters. The van der Waals surface area contributed by atoms with E-state index in [0.29, 0.717) is 5.92 Å². The van der Waals surface area contributed by atoms with E-state index in [9.17, 15) is 0 Å². The van der Waals surface area contributed by atoms with E-state index in [1.165, 1.54) is 30.4 Å². The molecule has 0 saturated heterocycles. The fraction of sp³-hybridized carbons (Fsp3) is 0.667. The monoisotopic (exact) mass is 277 g/mol. The first-order valence-electron chi connectivity index (χ1n) is 7.92. The average Bonchev–Trinajstić information content (AvgIpc) is 2.45. The smallest absolute Gasteiger partial charge is 0.0587 e. The third-order valence-corrected chi connectivity index (χ3v) is 3.87. The molecule has 1 aromatic carbocycles. The first-order chi connectivity index (χ1) is 9.63. The summed E-state index contributed by atoms with van der Waals surface area (Å²) in [6.07, 6.45) is 3.71. The largest absolute Gasteiger partial charge is 0.383 e. The van der Waals surface area contributed by atoms with Crippen LogP contribution in [-0.2, 0) is 11.2 Å². The van der Waals surface area contributed by atoms with Crippen LogP contribution in [0, 0.1) is 5.92 Å². The van der Waals surface area contributed by atoms with Gasteiger partial charge in [-0.05, 0) is 48.8 Å². The molecule has 1 N–H and O–H groups in total. The van der Waals surface area contributed by atoms with Gasteiger partial charge in [0.15, 0.2) is 0 Å². The Morgan fingerprint density at radius 2 is 1.70 bits per heavy atom. The summed E-state index contributed by atoms with van der Waals surface area (Å²) in [6, 6.07) is 9.13. The molecule has 1 unspecified atom stereocenters. The summed E-state index contributed by atoms with van der Waals surface area (Å²) >= 11 is 0. The highest BCUT2D eigenvalue weighted by Crippen LogP contribution is 2.17. The van der Waals surface area contributed by atoms with Crippen molar-refractivity contribution in [2.45, 2.75) is 46.0 Å². The normalized spacial score (nSPS) is 12.8. The lowest BCUT2D eigenvalue weighted by Gasteiger charge is -2.12. The fourth-order valence-corrected chi connectivity index (χ4v) is 2.27. The van der Waals surface area contributed by atoms with Crippen molar-refractivity contribution in [1.29, 1.82) is 0 Å². The zero-order valence-corrected chi connectivity index (χ0v) is 13.6. The van der Waals surface area contributed by atoms with E-state index < -0.39 is 0 Å². The first-order valence-corrected chi connectivity index (χ1v) is 7.92. The van der Waals surface area contributed by atoms with Gasteiger partial charge in [-0.2, -0.15) is 0 Å². The van der Waals surface area contributed by atoms with E-state index in [2.05, 4.69) is 50.4 Å². The molecular weight excluding hydrogens is 246 g/mol. The maximum Gasteiger partial charge on any atom is 0.0587 e. The molecule has 0 radical (unpaired) electrons. The van der Waals surface area contributed by atoms with Gasteiger partial charge in [-0.1, -0.05) is 45.0 Å². The second-order valence-electron chi connectivity index (χ2n) is 6.07. The summed E-state index contributed by atoms with van der Waals surface area (Å²) in [7, 11) is 1.74. The number of hydrogen-bond donors (Lipinski definition) is 1. The third-order valence-electron chi connectivity index (χ3n) is 3.87. The van der Waals surface area contributed by atoms with E-state index in [1.54, 1.807) is 7.11 Å². The van der Waals surface area contributed by atoms with Crippen LogP contribution in [0.1, 0.15) is 50.7 Å². The van der Waals surface area contributed by atoms with E-state index in [1.807, 2.05) is 0 Å². The highest BCUT2D eigenvalue weighted by atomic mass is 16.5. The molecule has 0 saturated carbocycles. The third kappa shape index (κ3) is 7.06. The summed E-state index contributed by atoms with van der Waals surface area (Å²) in [5.74, 6) is 1.40. The maximum atomic E-state index is 5.02. The Morgan fingerprint density at radius 1 is 1.00 bits per heavy atom. The number of benzene rings is 1. The quantitative estimate of drug-likeness (QED) is 0.653. The molecule has 0 aliphatic rings. The van der Waals surface area contributed by atoms with Crippen LogP contribution in [-0.4, -0.2) is 26.8 Å². The summed E-state index contributed by atoms with van der Waals surface area (Å²) in [6.45, 7) is 9.69. The Balaban J connectivity index is 2.18. The van der Waals surface area contributed by atoms with Crippen molar-refractivity contribution in [2.75, 3.05) is 26.8 Å². The summed E-state index contributed by atoms with van der Waals surface area (Å²) < 4.78 is 5.02. The standard InChI is InChI=1S/C18H31NO/c1-15(2)18-9-7-17(8-10-18)6-5-16(3)11-12-19-13-14-20-4/h7-10,15-16,19H,5-6,11-14H2,1-4H3. The maximum absolute atomic E-state index is 5.02. The number of rotatable bonds is 10. The predicted octanol–water partition coefficient (Wildman–Crippen LogP) is 4.00. The van der Waals surface area contributed by atoms with Crippen LogP contribution in [0.15, 0.2) is 24.3 Å². The zero-order chi connectivity index (χ0) is 14.8. The first kappa shape index (κ1) is 17.2. The molecule has 20 heavy (non-hydrogen) atoms. The van der Waals surface area contributed by atoms with E-state index in [4.69, 9.17) is 4.74 Å². The molecule has 2 heteroatoms. The van der Waals surface area contributed by atoms with Gasteiger partial charge in [-0.25, -0.2) is 0 Å². The van der Waals surface area contributed by atoms with Gasteiger partial charge in [0, 0.05) is 13.7 Å². The van der Waals surface area contributed by atoms with E-state index in [-0.39, 0.29) is 0 Å². The Bertz CT molecular complexity index is 345. The van der Waals surface area contributed by atoms with Crippen molar-refractivity contribution in [2.24, 2.45) is 5.92 Å². The fourth-order valence-electron chi connectivity index (χ4n) is 2.27. The molecule has 2 nitrogen and oxygen atoms in total. The van der Waals surface area contributed by atoms with Gasteiger partial charge in [0.2, 0.25) is 0 Å². The van der Waals surface area contributed by atoms with Crippen molar-refractivity contribution < 1.29 is 4.74 Å². The SMILES string of the molecule is COCCNCCC(C)CCc1ccc(C(C)C)cc1. The molecule has 1 aromatic rings. The second-order valence-corrected chi connectivity index (χ2v) is 6.07. The van der Waals surface area contributed by atoms with Gasteiger partial charge in [0.05, 0.1) is 6.61 Å². The molecule has 0 aliphatic heterocycles. The van der Waals surface area contributed by atoms with Gasteiger partial charge in [0.25, 0.3) is 0 Å². The van der Waals surface area contributed by atoms with Crippen LogP contribution in [0.2, 0.25) is 0 Å². The van der Waals surface area contributed by atoms with Crippen LogP contribution in [0.5, 0.6) is 0 Å². The van der Waals surface area contributed by atoms with E-state index in [0.717, 1.165) is 25.6 Å². The Hall–Kier alpha value is -0.860. The minimum atomic E-state index is 0.626. The van der Waals surface area contributed by atoms with Crippen molar-refractivity contribution in [3.63, 3.8) is 0 Å². The lowest BCUT2D eigenvalue weighted by atomic mass is 9.96. The minimum absolute atomic E-state index is 0.626. The molecule has 114 valence electrons. The topological polar surface area (TPSA) is 21.3 Å². The van der Waals surface area contributed by atoms with Crippen molar-refractivity contribution in [3.05, 3.63) is 35.4 Å². The van der Waals surface area contributed by atoms with Crippen molar-refractivity contribution in [3.8, 4) is 0 Å². The van der Waals surface area contributed by atoms with Gasteiger partial charge >= 0.3 is 0 Å². The van der Waals surface area contributed by atoms with Crippen molar-refractivity contribution in [1.82, 2.24) is 5.32 Å². The van der Waals surface area contributed by atoms with Crippen LogP contribution < -0.4 is 5.32 Å². The molecule has 0 aliphatic carbocycles. The van der Waals surface area contributed by atoms with Gasteiger partial charge in [-0.15, -0.1) is 0 Å². The van der Waals surface area contributed by atoms with Gasteiger partial charge in [0.1, 0.15) is 0 Å². The second kappa shape index (κ2) is 9.95. The number of hydrogen-bond acceptors (Lipinski definition) is 2. The van der Waals surface area contributed by atoms with Crippen LogP contribution >= 0.6 is 0 Å². The Labute approximate surface area is 124 Å². The van der Waals surface area contributed by atoms with Crippen LogP contribution in [0.25, 0.3) is 0 Å². The molecular formula is C18H31NO. The molecule has 0 heterocycles. The number of nitrogens with one attached hydrogen (secondary N) is 1. The molecule has 1 rings (SSSR count). The summed E-state index contributed by atoms with van der Waals surface area (Å²) in [4.78, 5) is 0. The average molecular weight is 277 g/mol. The number of ether oxygens (including phenoxy) is 1. The van der Waals surface area contributed by atoms with E-state index >= 15 is 0 Å². The summed E-state index contributed by atoms with van der Waals surface area (Å²) in [5.41, 5.74) is 2.90. The zero-order valence-electron chi connectivity index (χ0n) is 13.6. The molecule has 0 aromatic heterocycles. The lowest BCUT2D eigenvalue weighted by molar-refractivity contribution is 0.199. The Kier molecular flexibility index (Phi) is 8.56. The highest BCUT2D eigenvalue weighted by Gasteiger charge is 2.04. The lowest BCUT2D eigenvalue weighted by Crippen LogP contribution is -2.21. The summed E-state index contributed by atoms with van der Waals surface area (Å²) in [5, 5.41) is 3.41. The molecule has 0 fully saturated rings. The molecule has 0 amide bonds. The van der Waals surface area contributed by atoms with Crippen LogP contribution in [0.4, 0.5) is 0 Å². The molecule has 0 bridgehead atoms. The Morgan fingerprint density at radius 3 is 2.30 bits per heavy atom. The molecule has 0 spiro atoms. The highest BCUT2D eigenvalue weighted by molar-refractivity contribution is 5.24. The minimum Gasteiger partial charge on any atom is -0.383 e. The van der Waals surface area contributed by atoms with Crippen LogP contribution in [0.3, 0.4) is 0 Å². The van der Waals surface area contributed by atoms with Gasteiger partial charge in [-0.3, -0.25) is 0 Å².